The topological polar surface area (TPSA) is 64.7 Å². The van der Waals surface area contributed by atoms with Crippen molar-refractivity contribution in [2.24, 2.45) is 4.99 Å². The lowest BCUT2D eigenvalue weighted by Gasteiger charge is -2.09. The molecule has 0 unspecified atom stereocenters. The summed E-state index contributed by atoms with van der Waals surface area (Å²) in [6.45, 7) is 0.284. The number of hydrogen-bond acceptors (Lipinski definition) is 4. The van der Waals surface area contributed by atoms with E-state index in [0.29, 0.717) is 10.8 Å². The van der Waals surface area contributed by atoms with Crippen molar-refractivity contribution in [1.82, 2.24) is 0 Å². The molecule has 26 heavy (non-hydrogen) atoms. The average Bonchev–Trinajstić information content (AvgIpc) is 2.66. The van der Waals surface area contributed by atoms with Crippen LogP contribution in [0.25, 0.3) is 0 Å². The van der Waals surface area contributed by atoms with Gasteiger partial charge in [-0.15, -0.1) is 0 Å². The third kappa shape index (κ3) is 4.68. The average molecular weight is 367 g/mol. The highest BCUT2D eigenvalue weighted by Crippen LogP contribution is 2.24. The summed E-state index contributed by atoms with van der Waals surface area (Å²) in [5.74, 6) is 0.632. The number of nitrogens with zero attached hydrogens (tertiary/aromatic N) is 2. The van der Waals surface area contributed by atoms with Crippen LogP contribution in [0, 0.1) is 10.1 Å². The lowest BCUT2D eigenvalue weighted by molar-refractivity contribution is -0.384. The Morgan fingerprint density at radius 3 is 2.46 bits per heavy atom. The lowest BCUT2D eigenvalue weighted by atomic mass is 10.2. The highest BCUT2D eigenvalue weighted by molar-refractivity contribution is 6.30. The van der Waals surface area contributed by atoms with Crippen molar-refractivity contribution in [2.75, 3.05) is 0 Å². The van der Waals surface area contributed by atoms with Gasteiger partial charge in [0.25, 0.3) is 5.69 Å². The molecule has 6 heteroatoms. The molecular weight excluding hydrogens is 352 g/mol. The first kappa shape index (κ1) is 17.6. The van der Waals surface area contributed by atoms with E-state index in [1.54, 1.807) is 36.5 Å². The zero-order chi connectivity index (χ0) is 18.4. The third-order valence-electron chi connectivity index (χ3n) is 3.62. The molecule has 0 spiro atoms. The van der Waals surface area contributed by atoms with Crippen molar-refractivity contribution >= 4 is 29.2 Å². The molecule has 0 aliphatic heterocycles. The largest absolute Gasteiger partial charge is 0.488 e. The smallest absolute Gasteiger partial charge is 0.269 e. The van der Waals surface area contributed by atoms with Gasteiger partial charge in [0.2, 0.25) is 0 Å². The number of aliphatic imine (C=N–C) groups is 1. The fourth-order valence-corrected chi connectivity index (χ4v) is 2.47. The van der Waals surface area contributed by atoms with Crippen molar-refractivity contribution in [2.45, 2.75) is 6.61 Å². The summed E-state index contributed by atoms with van der Waals surface area (Å²) in [5, 5.41) is 11.3. The second-order valence-corrected chi connectivity index (χ2v) is 5.92. The Bertz CT molecular complexity index is 926. The third-order valence-corrected chi connectivity index (χ3v) is 3.86. The molecule has 0 bridgehead atoms. The molecule has 3 aromatic rings. The van der Waals surface area contributed by atoms with Crippen LogP contribution in [-0.4, -0.2) is 11.1 Å². The molecule has 130 valence electrons. The SMILES string of the molecule is O=[N+]([O-])c1ccc(COc2ccc(Cl)cc2C=Nc2ccccc2)cc1. The Morgan fingerprint density at radius 2 is 1.77 bits per heavy atom. The second kappa shape index (κ2) is 8.27. The van der Waals surface area contributed by atoms with E-state index in [1.165, 1.54) is 12.1 Å². The number of ether oxygens (including phenoxy) is 1. The van der Waals surface area contributed by atoms with E-state index in [0.717, 1.165) is 16.8 Å². The Kier molecular flexibility index (Phi) is 5.61. The molecule has 0 saturated carbocycles. The summed E-state index contributed by atoms with van der Waals surface area (Å²) in [4.78, 5) is 14.7. The number of benzene rings is 3. The van der Waals surface area contributed by atoms with Crippen molar-refractivity contribution in [3.8, 4) is 5.75 Å². The Labute approximate surface area is 155 Å². The van der Waals surface area contributed by atoms with E-state index in [9.17, 15) is 10.1 Å². The van der Waals surface area contributed by atoms with Crippen molar-refractivity contribution in [3.63, 3.8) is 0 Å². The first-order valence-electron chi connectivity index (χ1n) is 7.86. The van der Waals surface area contributed by atoms with Crippen LogP contribution in [0.15, 0.2) is 77.8 Å². The molecule has 3 rings (SSSR count). The van der Waals surface area contributed by atoms with Gasteiger partial charge >= 0.3 is 0 Å². The lowest BCUT2D eigenvalue weighted by Crippen LogP contribution is -1.99. The Hall–Kier alpha value is -3.18. The van der Waals surface area contributed by atoms with E-state index in [2.05, 4.69) is 4.99 Å². The van der Waals surface area contributed by atoms with Gasteiger partial charge in [0.05, 0.1) is 10.6 Å². The predicted molar refractivity (Wildman–Crippen MR) is 103 cm³/mol. The maximum atomic E-state index is 10.7. The number of halogens is 1. The number of para-hydroxylation sites is 1. The molecule has 5 nitrogen and oxygen atoms in total. The highest BCUT2D eigenvalue weighted by atomic mass is 35.5. The molecule has 3 aromatic carbocycles. The van der Waals surface area contributed by atoms with Crippen molar-refractivity contribution < 1.29 is 9.66 Å². The first-order valence-corrected chi connectivity index (χ1v) is 8.24. The quantitative estimate of drug-likeness (QED) is 0.325. The van der Waals surface area contributed by atoms with Crippen LogP contribution in [0.3, 0.4) is 0 Å². The standard InChI is InChI=1S/C20H15ClN2O3/c21-17-8-11-20(16(12-17)13-22-18-4-2-1-3-5-18)26-14-15-6-9-19(10-7-15)23(24)25/h1-13H,14H2. The molecule has 0 atom stereocenters. The van der Waals surface area contributed by atoms with Crippen LogP contribution in [0.1, 0.15) is 11.1 Å². The molecule has 0 aliphatic carbocycles. The van der Waals surface area contributed by atoms with E-state index in [-0.39, 0.29) is 12.3 Å². The maximum absolute atomic E-state index is 10.7. The number of non-ortho nitro benzene ring substituents is 1. The molecule has 0 aliphatic rings. The molecule has 0 radical (unpaired) electrons. The predicted octanol–water partition coefficient (Wildman–Crippen LogP) is 5.58. The number of hydrogen-bond donors (Lipinski definition) is 0. The number of nitro groups is 1. The molecular formula is C20H15ClN2O3. The van der Waals surface area contributed by atoms with Crippen LogP contribution < -0.4 is 4.74 Å². The van der Waals surface area contributed by atoms with Crippen molar-refractivity contribution in [3.05, 3.63) is 99.1 Å². The minimum Gasteiger partial charge on any atom is -0.488 e. The van der Waals surface area contributed by atoms with Gasteiger partial charge in [-0.3, -0.25) is 15.1 Å². The molecule has 0 saturated heterocycles. The van der Waals surface area contributed by atoms with Crippen LogP contribution in [-0.2, 0) is 6.61 Å². The molecule has 0 N–H and O–H groups in total. The molecule has 0 fully saturated rings. The van der Waals surface area contributed by atoms with Gasteiger partial charge in [0.15, 0.2) is 0 Å². The Balaban J connectivity index is 1.75. The summed E-state index contributed by atoms with van der Waals surface area (Å²) in [6, 6.07) is 21.1. The van der Waals surface area contributed by atoms with Gasteiger partial charge in [0.1, 0.15) is 12.4 Å². The van der Waals surface area contributed by atoms with Gasteiger partial charge in [-0.2, -0.15) is 0 Å². The fourth-order valence-electron chi connectivity index (χ4n) is 2.28. The summed E-state index contributed by atoms with van der Waals surface area (Å²) >= 11 is 6.08. The maximum Gasteiger partial charge on any atom is 0.269 e. The van der Waals surface area contributed by atoms with E-state index in [4.69, 9.17) is 16.3 Å². The normalized spacial score (nSPS) is 10.8. The van der Waals surface area contributed by atoms with Gasteiger partial charge in [-0.25, -0.2) is 0 Å². The second-order valence-electron chi connectivity index (χ2n) is 5.49. The zero-order valence-corrected chi connectivity index (χ0v) is 14.5. The summed E-state index contributed by atoms with van der Waals surface area (Å²) in [6.07, 6.45) is 1.70. The van der Waals surface area contributed by atoms with E-state index in [1.807, 2.05) is 30.3 Å². The molecule has 0 heterocycles. The number of rotatable bonds is 6. The Morgan fingerprint density at radius 1 is 1.04 bits per heavy atom. The minimum absolute atomic E-state index is 0.0518. The molecule has 0 amide bonds. The van der Waals surface area contributed by atoms with Crippen LogP contribution in [0.2, 0.25) is 5.02 Å². The molecule has 0 aromatic heterocycles. The summed E-state index contributed by atoms with van der Waals surface area (Å²) in [7, 11) is 0. The highest BCUT2D eigenvalue weighted by Gasteiger charge is 2.06. The zero-order valence-electron chi connectivity index (χ0n) is 13.7. The van der Waals surface area contributed by atoms with Gasteiger partial charge in [0, 0.05) is 28.9 Å². The van der Waals surface area contributed by atoms with Gasteiger partial charge < -0.3 is 4.74 Å². The summed E-state index contributed by atoms with van der Waals surface area (Å²) in [5.41, 5.74) is 2.46. The van der Waals surface area contributed by atoms with E-state index >= 15 is 0 Å². The minimum atomic E-state index is -0.429. The van der Waals surface area contributed by atoms with Gasteiger partial charge in [-0.05, 0) is 48.0 Å². The number of nitro benzene ring substituents is 1. The first-order chi connectivity index (χ1) is 12.6. The summed E-state index contributed by atoms with van der Waals surface area (Å²) < 4.78 is 5.85. The van der Waals surface area contributed by atoms with Crippen molar-refractivity contribution in [1.29, 1.82) is 0 Å². The fraction of sp³-hybridized carbons (Fsp3) is 0.0500. The monoisotopic (exact) mass is 366 g/mol. The van der Waals surface area contributed by atoms with Gasteiger partial charge in [-0.1, -0.05) is 29.8 Å². The van der Waals surface area contributed by atoms with E-state index < -0.39 is 4.92 Å². The van der Waals surface area contributed by atoms with Crippen LogP contribution >= 0.6 is 11.6 Å². The van der Waals surface area contributed by atoms with Crippen LogP contribution in [0.5, 0.6) is 5.75 Å². The van der Waals surface area contributed by atoms with Crippen LogP contribution in [0.4, 0.5) is 11.4 Å².